The van der Waals surface area contributed by atoms with Gasteiger partial charge in [0.1, 0.15) is 5.75 Å². The van der Waals surface area contributed by atoms with Crippen molar-refractivity contribution in [1.82, 2.24) is 20.0 Å². The van der Waals surface area contributed by atoms with Crippen molar-refractivity contribution in [3.05, 3.63) is 100 Å². The van der Waals surface area contributed by atoms with Gasteiger partial charge in [0.15, 0.2) is 5.69 Å². The van der Waals surface area contributed by atoms with Crippen molar-refractivity contribution in [2.45, 2.75) is 25.3 Å². The van der Waals surface area contributed by atoms with E-state index in [0.29, 0.717) is 23.0 Å². The largest absolute Gasteiger partial charge is 0.497 e. The molecule has 1 aliphatic heterocycles. The third kappa shape index (κ3) is 4.88. The molecule has 0 unspecified atom stereocenters. The molecular weight excluding hydrogens is 452 g/mol. The van der Waals surface area contributed by atoms with E-state index in [1.807, 2.05) is 36.4 Å². The Morgan fingerprint density at radius 3 is 2.28 bits per heavy atom. The van der Waals surface area contributed by atoms with E-state index in [1.54, 1.807) is 37.4 Å². The highest BCUT2D eigenvalue weighted by molar-refractivity contribution is 6.04. The molecule has 1 aromatic heterocycles. The Labute approximate surface area is 210 Å². The van der Waals surface area contributed by atoms with E-state index in [1.165, 1.54) is 11.1 Å². The third-order valence-electron chi connectivity index (χ3n) is 6.81. The number of para-hydroxylation sites is 1. The van der Waals surface area contributed by atoms with Gasteiger partial charge in [0.2, 0.25) is 0 Å². The van der Waals surface area contributed by atoms with Gasteiger partial charge in [-0.3, -0.25) is 14.5 Å². The topological polar surface area (TPSA) is 76.5 Å². The SMILES string of the molecule is COc1ccc([C@H](CNC(=O)c2nn(-c3ccccc3)c(=O)c3ccccc23)N2CCCCC2)cc1. The molecule has 4 aromatic rings. The predicted octanol–water partition coefficient (Wildman–Crippen LogP) is 4.35. The van der Waals surface area contributed by atoms with Gasteiger partial charge in [0.25, 0.3) is 11.5 Å². The van der Waals surface area contributed by atoms with Gasteiger partial charge >= 0.3 is 0 Å². The van der Waals surface area contributed by atoms with Crippen LogP contribution >= 0.6 is 0 Å². The van der Waals surface area contributed by atoms with E-state index in [9.17, 15) is 9.59 Å². The minimum atomic E-state index is -0.300. The molecule has 0 spiro atoms. The number of nitrogens with one attached hydrogen (secondary N) is 1. The molecular formula is C29H30N4O3. The number of methoxy groups -OCH3 is 1. The van der Waals surface area contributed by atoms with Crippen LogP contribution in [0.4, 0.5) is 0 Å². The Morgan fingerprint density at radius 1 is 0.917 bits per heavy atom. The quantitative estimate of drug-likeness (QED) is 0.424. The van der Waals surface area contributed by atoms with Crippen LogP contribution in [0.25, 0.3) is 16.5 Å². The summed E-state index contributed by atoms with van der Waals surface area (Å²) in [6.07, 6.45) is 3.53. The lowest BCUT2D eigenvalue weighted by molar-refractivity contribution is 0.0919. The molecule has 7 nitrogen and oxygen atoms in total. The second-order valence-corrected chi connectivity index (χ2v) is 9.04. The summed E-state index contributed by atoms with van der Waals surface area (Å²) in [6, 6.07) is 24.4. The molecule has 1 aliphatic rings. The molecule has 1 amide bonds. The minimum Gasteiger partial charge on any atom is -0.497 e. The summed E-state index contributed by atoms with van der Waals surface area (Å²) in [5.41, 5.74) is 1.73. The zero-order chi connectivity index (χ0) is 24.9. The van der Waals surface area contributed by atoms with Crippen LogP contribution in [-0.2, 0) is 0 Å². The summed E-state index contributed by atoms with van der Waals surface area (Å²) < 4.78 is 6.64. The number of hydrogen-bond acceptors (Lipinski definition) is 5. The number of nitrogens with zero attached hydrogens (tertiary/aromatic N) is 3. The fourth-order valence-electron chi connectivity index (χ4n) is 4.89. The average molecular weight is 483 g/mol. The van der Waals surface area contributed by atoms with Crippen LogP contribution in [0, 0.1) is 0 Å². The molecule has 1 fully saturated rings. The van der Waals surface area contributed by atoms with E-state index in [-0.39, 0.29) is 23.2 Å². The first kappa shape index (κ1) is 23.8. The standard InChI is InChI=1S/C29H30N4O3/c1-36-23-16-14-21(15-17-23)26(32-18-8-3-9-19-32)20-30-28(34)27-24-12-6-7-13-25(24)29(35)33(31-27)22-10-4-2-5-11-22/h2,4-7,10-17,26H,3,8-9,18-20H2,1H3,(H,30,34)/t26-/m0/s1. The van der Waals surface area contributed by atoms with Gasteiger partial charge in [-0.05, 0) is 61.8 Å². The van der Waals surface area contributed by atoms with Gasteiger partial charge in [-0.2, -0.15) is 9.78 Å². The normalized spacial score (nSPS) is 14.9. The first-order valence-electron chi connectivity index (χ1n) is 12.4. The fraction of sp³-hybridized carbons (Fsp3) is 0.276. The molecule has 7 heteroatoms. The Hall–Kier alpha value is -3.97. The first-order chi connectivity index (χ1) is 17.7. The lowest BCUT2D eigenvalue weighted by Gasteiger charge is -2.35. The van der Waals surface area contributed by atoms with Crippen LogP contribution in [0.2, 0.25) is 0 Å². The number of carbonyl (C=O) groups is 1. The van der Waals surface area contributed by atoms with E-state index < -0.39 is 0 Å². The summed E-state index contributed by atoms with van der Waals surface area (Å²) in [5, 5.41) is 8.65. The number of aromatic nitrogens is 2. The number of benzene rings is 3. The summed E-state index contributed by atoms with van der Waals surface area (Å²) in [5.74, 6) is 0.505. The van der Waals surface area contributed by atoms with Crippen molar-refractivity contribution in [3.63, 3.8) is 0 Å². The van der Waals surface area contributed by atoms with Crippen molar-refractivity contribution in [2.75, 3.05) is 26.7 Å². The molecule has 1 saturated heterocycles. The number of rotatable bonds is 7. The summed E-state index contributed by atoms with van der Waals surface area (Å²) in [4.78, 5) is 29.1. The number of carbonyl (C=O) groups excluding carboxylic acids is 1. The number of hydrogen-bond donors (Lipinski definition) is 1. The lowest BCUT2D eigenvalue weighted by Crippen LogP contribution is -2.41. The van der Waals surface area contributed by atoms with Gasteiger partial charge in [-0.1, -0.05) is 55.0 Å². The van der Waals surface area contributed by atoms with Crippen molar-refractivity contribution in [2.24, 2.45) is 0 Å². The minimum absolute atomic E-state index is 0.0337. The molecule has 2 heterocycles. The van der Waals surface area contributed by atoms with Gasteiger partial charge in [0.05, 0.1) is 24.2 Å². The van der Waals surface area contributed by atoms with E-state index in [0.717, 1.165) is 37.2 Å². The Bertz CT molecular complexity index is 1390. The maximum atomic E-state index is 13.5. The van der Waals surface area contributed by atoms with Crippen LogP contribution in [0.3, 0.4) is 0 Å². The second kappa shape index (κ2) is 10.7. The molecule has 1 N–H and O–H groups in total. The number of piperidine rings is 1. The van der Waals surface area contributed by atoms with Gasteiger partial charge < -0.3 is 10.1 Å². The summed E-state index contributed by atoms with van der Waals surface area (Å²) in [6.45, 7) is 2.42. The van der Waals surface area contributed by atoms with Gasteiger partial charge in [-0.15, -0.1) is 0 Å². The summed E-state index contributed by atoms with van der Waals surface area (Å²) >= 11 is 0. The van der Waals surface area contributed by atoms with Crippen molar-refractivity contribution >= 4 is 16.7 Å². The first-order valence-corrected chi connectivity index (χ1v) is 12.4. The Balaban J connectivity index is 1.47. The van der Waals surface area contributed by atoms with Crippen LogP contribution in [0.1, 0.15) is 41.4 Å². The highest BCUT2D eigenvalue weighted by atomic mass is 16.5. The monoisotopic (exact) mass is 482 g/mol. The zero-order valence-electron chi connectivity index (χ0n) is 20.4. The molecule has 0 bridgehead atoms. The zero-order valence-corrected chi connectivity index (χ0v) is 20.4. The van der Waals surface area contributed by atoms with E-state index in [2.05, 4.69) is 27.4 Å². The van der Waals surface area contributed by atoms with Crippen molar-refractivity contribution < 1.29 is 9.53 Å². The maximum Gasteiger partial charge on any atom is 0.279 e. The predicted molar refractivity (Wildman–Crippen MR) is 141 cm³/mol. The van der Waals surface area contributed by atoms with Gasteiger partial charge in [0, 0.05) is 11.9 Å². The van der Waals surface area contributed by atoms with Crippen molar-refractivity contribution in [1.29, 1.82) is 0 Å². The Morgan fingerprint density at radius 2 is 1.58 bits per heavy atom. The van der Waals surface area contributed by atoms with Gasteiger partial charge in [-0.25, -0.2) is 0 Å². The van der Waals surface area contributed by atoms with E-state index >= 15 is 0 Å². The second-order valence-electron chi connectivity index (χ2n) is 9.04. The van der Waals surface area contributed by atoms with Crippen molar-refractivity contribution in [3.8, 4) is 11.4 Å². The third-order valence-corrected chi connectivity index (χ3v) is 6.81. The molecule has 5 rings (SSSR count). The molecule has 3 aromatic carbocycles. The summed E-state index contributed by atoms with van der Waals surface area (Å²) in [7, 11) is 1.66. The maximum absolute atomic E-state index is 13.5. The fourth-order valence-corrected chi connectivity index (χ4v) is 4.89. The number of likely N-dealkylation sites (tertiary alicyclic amines) is 1. The molecule has 184 valence electrons. The molecule has 0 aliphatic carbocycles. The molecule has 0 saturated carbocycles. The van der Waals surface area contributed by atoms with Crippen LogP contribution in [0.5, 0.6) is 5.75 Å². The average Bonchev–Trinajstić information content (AvgIpc) is 2.95. The number of amides is 1. The molecule has 0 radical (unpaired) electrons. The van der Waals surface area contributed by atoms with Crippen LogP contribution in [-0.4, -0.2) is 47.3 Å². The van der Waals surface area contributed by atoms with Crippen LogP contribution in [0.15, 0.2) is 83.7 Å². The highest BCUT2D eigenvalue weighted by Gasteiger charge is 2.24. The molecule has 36 heavy (non-hydrogen) atoms. The van der Waals surface area contributed by atoms with Crippen LogP contribution < -0.4 is 15.6 Å². The highest BCUT2D eigenvalue weighted by Crippen LogP contribution is 2.26. The number of fused-ring (bicyclic) bond motifs is 1. The van der Waals surface area contributed by atoms with E-state index in [4.69, 9.17) is 4.74 Å². The Kier molecular flexibility index (Phi) is 7.09. The molecule has 1 atom stereocenters. The number of ether oxygens (including phenoxy) is 1. The lowest BCUT2D eigenvalue weighted by atomic mass is 10.0. The smallest absolute Gasteiger partial charge is 0.279 e.